The van der Waals surface area contributed by atoms with Gasteiger partial charge in [-0.25, -0.2) is 9.59 Å². The van der Waals surface area contributed by atoms with Crippen molar-refractivity contribution in [3.63, 3.8) is 0 Å². The van der Waals surface area contributed by atoms with Crippen LogP contribution in [-0.2, 0) is 14.3 Å². The third kappa shape index (κ3) is 4.15. The Morgan fingerprint density at radius 3 is 2.39 bits per heavy atom. The number of rotatable bonds is 3. The summed E-state index contributed by atoms with van der Waals surface area (Å²) in [5, 5.41) is 20.9. The van der Waals surface area contributed by atoms with Crippen molar-refractivity contribution in [3.05, 3.63) is 0 Å². The highest BCUT2D eigenvalue weighted by Crippen LogP contribution is 2.18. The number of carboxylic acids is 1. The molecule has 0 spiro atoms. The van der Waals surface area contributed by atoms with Crippen molar-refractivity contribution in [1.82, 2.24) is 5.32 Å². The van der Waals surface area contributed by atoms with E-state index in [1.54, 1.807) is 20.8 Å². The minimum atomic E-state index is -1.23. The zero-order chi connectivity index (χ0) is 13.9. The van der Waals surface area contributed by atoms with Crippen LogP contribution in [-0.4, -0.2) is 53.2 Å². The first-order chi connectivity index (χ1) is 8.20. The molecule has 3 atom stereocenters. The Balaban J connectivity index is 2.64. The number of alkyl carbamates (subject to hydrolysis) is 1. The first kappa shape index (κ1) is 14.7. The Morgan fingerprint density at radius 1 is 1.39 bits per heavy atom. The molecule has 0 bridgehead atoms. The van der Waals surface area contributed by atoms with Crippen LogP contribution in [0.1, 0.15) is 20.8 Å². The van der Waals surface area contributed by atoms with Crippen LogP contribution in [0, 0.1) is 5.92 Å². The lowest BCUT2D eigenvalue weighted by atomic mass is 9.97. The lowest BCUT2D eigenvalue weighted by Crippen LogP contribution is -2.50. The molecule has 0 aromatic carbocycles. The summed E-state index contributed by atoms with van der Waals surface area (Å²) < 4.78 is 9.95. The van der Waals surface area contributed by atoms with Crippen LogP contribution < -0.4 is 5.32 Å². The van der Waals surface area contributed by atoms with Gasteiger partial charge in [0.15, 0.2) is 0 Å². The quantitative estimate of drug-likeness (QED) is 0.659. The number of amides is 1. The highest BCUT2D eigenvalue weighted by molar-refractivity contribution is 5.80. The van der Waals surface area contributed by atoms with E-state index in [-0.39, 0.29) is 13.2 Å². The van der Waals surface area contributed by atoms with E-state index in [2.05, 4.69) is 5.32 Å². The van der Waals surface area contributed by atoms with Crippen LogP contribution in [0.5, 0.6) is 0 Å². The first-order valence-corrected chi connectivity index (χ1v) is 5.69. The normalized spacial score (nSPS) is 25.6. The summed E-state index contributed by atoms with van der Waals surface area (Å²) in [7, 11) is 0. The molecule has 104 valence electrons. The van der Waals surface area contributed by atoms with Gasteiger partial charge in [-0.05, 0) is 20.8 Å². The molecule has 1 rings (SSSR count). The molecule has 1 aliphatic heterocycles. The van der Waals surface area contributed by atoms with Crippen molar-refractivity contribution in [2.24, 2.45) is 5.92 Å². The molecule has 7 nitrogen and oxygen atoms in total. The highest BCUT2D eigenvalue weighted by atomic mass is 16.6. The minimum Gasteiger partial charge on any atom is -0.480 e. The number of aliphatic hydroxyl groups is 1. The Morgan fingerprint density at radius 2 is 2.00 bits per heavy atom. The molecule has 18 heavy (non-hydrogen) atoms. The second-order valence-electron chi connectivity index (χ2n) is 5.23. The predicted octanol–water partition coefficient (Wildman–Crippen LogP) is -0.0284. The van der Waals surface area contributed by atoms with Crippen molar-refractivity contribution in [3.8, 4) is 0 Å². The predicted molar refractivity (Wildman–Crippen MR) is 61.1 cm³/mol. The van der Waals surface area contributed by atoms with Crippen molar-refractivity contribution < 1.29 is 29.3 Å². The minimum absolute atomic E-state index is 0.0739. The van der Waals surface area contributed by atoms with Gasteiger partial charge in [0.2, 0.25) is 0 Å². The summed E-state index contributed by atoms with van der Waals surface area (Å²) in [6.45, 7) is 5.19. The molecule has 0 saturated carbocycles. The third-order valence-corrected chi connectivity index (χ3v) is 2.46. The SMILES string of the molecule is CC(C)(C)OC(=O)NC(C(=O)O)[C@@H]1COC[C@H]1O. The van der Waals surface area contributed by atoms with Crippen LogP contribution in [0.2, 0.25) is 0 Å². The Hall–Kier alpha value is -1.34. The molecule has 1 heterocycles. The number of aliphatic hydroxyl groups excluding tert-OH is 1. The average molecular weight is 261 g/mol. The molecule has 1 fully saturated rings. The summed E-state index contributed by atoms with van der Waals surface area (Å²) in [6.07, 6.45) is -1.73. The number of carbonyl (C=O) groups excluding carboxylic acids is 1. The van der Waals surface area contributed by atoms with Crippen LogP contribution >= 0.6 is 0 Å². The first-order valence-electron chi connectivity index (χ1n) is 5.69. The van der Waals surface area contributed by atoms with Crippen molar-refractivity contribution in [2.45, 2.75) is 38.5 Å². The molecule has 0 radical (unpaired) electrons. The van der Waals surface area contributed by atoms with E-state index in [1.807, 2.05) is 0 Å². The van der Waals surface area contributed by atoms with Gasteiger partial charge in [0.1, 0.15) is 11.6 Å². The molecular weight excluding hydrogens is 242 g/mol. The van der Waals surface area contributed by atoms with Gasteiger partial charge in [-0.2, -0.15) is 0 Å². The molecule has 7 heteroatoms. The summed E-state index contributed by atoms with van der Waals surface area (Å²) in [4.78, 5) is 22.6. The Kier molecular flexibility index (Phi) is 4.53. The number of carboxylic acid groups (broad SMARTS) is 1. The van der Waals surface area contributed by atoms with Crippen molar-refractivity contribution >= 4 is 12.1 Å². The molecule has 0 aromatic heterocycles. The van der Waals surface area contributed by atoms with E-state index in [1.165, 1.54) is 0 Å². The number of aliphatic carboxylic acids is 1. The number of nitrogens with one attached hydrogen (secondary N) is 1. The number of ether oxygens (including phenoxy) is 2. The maximum absolute atomic E-state index is 11.5. The maximum atomic E-state index is 11.5. The highest BCUT2D eigenvalue weighted by Gasteiger charge is 2.39. The molecule has 1 amide bonds. The molecule has 0 aromatic rings. The average Bonchev–Trinajstić information content (AvgIpc) is 2.57. The third-order valence-electron chi connectivity index (χ3n) is 2.46. The van der Waals surface area contributed by atoms with Gasteiger partial charge in [-0.3, -0.25) is 0 Å². The van der Waals surface area contributed by atoms with E-state index in [0.717, 1.165) is 0 Å². The van der Waals surface area contributed by atoms with Crippen molar-refractivity contribution in [1.29, 1.82) is 0 Å². The molecule has 1 saturated heterocycles. The fourth-order valence-electron chi connectivity index (χ4n) is 1.66. The number of carbonyl (C=O) groups is 2. The van der Waals surface area contributed by atoms with Gasteiger partial charge in [-0.15, -0.1) is 0 Å². The maximum Gasteiger partial charge on any atom is 0.408 e. The van der Waals surface area contributed by atoms with E-state index in [4.69, 9.17) is 14.6 Å². The molecule has 3 N–H and O–H groups in total. The van der Waals surface area contributed by atoms with Crippen LogP contribution in [0.4, 0.5) is 4.79 Å². The van der Waals surface area contributed by atoms with Gasteiger partial charge in [0, 0.05) is 5.92 Å². The van der Waals surface area contributed by atoms with Gasteiger partial charge in [0.05, 0.1) is 19.3 Å². The van der Waals surface area contributed by atoms with Crippen molar-refractivity contribution in [2.75, 3.05) is 13.2 Å². The van der Waals surface area contributed by atoms with Gasteiger partial charge in [0.25, 0.3) is 0 Å². The fraction of sp³-hybridized carbons (Fsp3) is 0.818. The number of hydrogen-bond donors (Lipinski definition) is 3. The van der Waals surface area contributed by atoms with E-state index < -0.39 is 35.7 Å². The topological polar surface area (TPSA) is 105 Å². The smallest absolute Gasteiger partial charge is 0.408 e. The summed E-state index contributed by atoms with van der Waals surface area (Å²) in [5.41, 5.74) is -0.710. The monoisotopic (exact) mass is 261 g/mol. The largest absolute Gasteiger partial charge is 0.480 e. The standard InChI is InChI=1S/C11H19NO6/c1-11(2,3)18-10(16)12-8(9(14)15)6-4-17-5-7(6)13/h6-8,13H,4-5H2,1-3H3,(H,12,16)(H,14,15)/t6-,7-,8?/m1/s1. The lowest BCUT2D eigenvalue weighted by Gasteiger charge is -2.25. The van der Waals surface area contributed by atoms with Gasteiger partial charge >= 0.3 is 12.1 Å². The van der Waals surface area contributed by atoms with Crippen LogP contribution in [0.15, 0.2) is 0 Å². The fourth-order valence-corrected chi connectivity index (χ4v) is 1.66. The second kappa shape index (κ2) is 5.53. The van der Waals surface area contributed by atoms with Crippen LogP contribution in [0.3, 0.4) is 0 Å². The van der Waals surface area contributed by atoms with E-state index in [0.29, 0.717) is 0 Å². The van der Waals surface area contributed by atoms with Crippen LogP contribution in [0.25, 0.3) is 0 Å². The molecule has 0 aliphatic carbocycles. The van der Waals surface area contributed by atoms with E-state index >= 15 is 0 Å². The summed E-state index contributed by atoms with van der Waals surface area (Å²) >= 11 is 0. The number of hydrogen-bond acceptors (Lipinski definition) is 5. The lowest BCUT2D eigenvalue weighted by molar-refractivity contribution is -0.141. The van der Waals surface area contributed by atoms with E-state index in [9.17, 15) is 14.7 Å². The molecule has 1 unspecified atom stereocenters. The summed E-state index contributed by atoms with van der Waals surface area (Å²) in [5.74, 6) is -1.90. The van der Waals surface area contributed by atoms with Gasteiger partial charge < -0.3 is 25.0 Å². The zero-order valence-electron chi connectivity index (χ0n) is 10.7. The Labute approximate surface area is 105 Å². The Bertz CT molecular complexity index is 324. The second-order valence-corrected chi connectivity index (χ2v) is 5.23. The summed E-state index contributed by atoms with van der Waals surface area (Å²) in [6, 6.07) is -1.22. The zero-order valence-corrected chi connectivity index (χ0v) is 10.7. The van der Waals surface area contributed by atoms with Gasteiger partial charge in [-0.1, -0.05) is 0 Å². The molecule has 1 aliphatic rings. The molecular formula is C11H19NO6.